The molecule has 124 valence electrons. The number of carboxylic acid groups (broad SMARTS) is 1. The zero-order chi connectivity index (χ0) is 17.4. The Hall–Kier alpha value is -2.90. The highest BCUT2D eigenvalue weighted by atomic mass is 35.5. The van der Waals surface area contributed by atoms with E-state index in [1.165, 1.54) is 11.3 Å². The van der Waals surface area contributed by atoms with Gasteiger partial charge >= 0.3 is 5.97 Å². The predicted molar refractivity (Wildman–Crippen MR) is 98.9 cm³/mol. The number of anilines is 2. The lowest BCUT2D eigenvalue weighted by Crippen LogP contribution is -2.04. The molecule has 0 bridgehead atoms. The Kier molecular flexibility index (Phi) is 3.87. The molecule has 1 aromatic carbocycles. The standard InChI is InChI=1S/C17H11ClN4O2S/c18-10-5-3-9(4-6-10)12-8-11-15(25-12)14(17(23)24)21-22-16(11)20-13-2-1-7-19-13/h1-8,19H,(H,20,22)(H,23,24). The summed E-state index contributed by atoms with van der Waals surface area (Å²) in [6.07, 6.45) is 1.78. The van der Waals surface area contributed by atoms with E-state index in [0.29, 0.717) is 20.9 Å². The molecule has 0 saturated carbocycles. The number of hydrogen-bond acceptors (Lipinski definition) is 5. The summed E-state index contributed by atoms with van der Waals surface area (Å²) in [4.78, 5) is 15.4. The molecule has 0 spiro atoms. The van der Waals surface area contributed by atoms with E-state index in [-0.39, 0.29) is 5.69 Å². The molecule has 0 saturated heterocycles. The molecule has 0 radical (unpaired) electrons. The van der Waals surface area contributed by atoms with Crippen molar-refractivity contribution < 1.29 is 9.90 Å². The molecule has 0 aliphatic heterocycles. The third kappa shape index (κ3) is 2.95. The van der Waals surface area contributed by atoms with Crippen molar-refractivity contribution in [3.8, 4) is 10.4 Å². The molecule has 0 fully saturated rings. The molecule has 0 unspecified atom stereocenters. The summed E-state index contributed by atoms with van der Waals surface area (Å²) in [5, 5.41) is 21.8. The summed E-state index contributed by atoms with van der Waals surface area (Å²) in [7, 11) is 0. The normalized spacial score (nSPS) is 10.9. The summed E-state index contributed by atoms with van der Waals surface area (Å²) in [6.45, 7) is 0. The third-order valence-corrected chi connectivity index (χ3v) is 5.08. The number of H-pyrrole nitrogens is 1. The average Bonchev–Trinajstić information content (AvgIpc) is 3.25. The number of aromatic carboxylic acids is 1. The molecule has 0 aliphatic rings. The number of nitrogens with zero attached hydrogens (tertiary/aromatic N) is 2. The van der Waals surface area contributed by atoms with E-state index < -0.39 is 5.97 Å². The van der Waals surface area contributed by atoms with Crippen LogP contribution in [0.15, 0.2) is 48.7 Å². The van der Waals surface area contributed by atoms with Crippen molar-refractivity contribution in [2.45, 2.75) is 0 Å². The summed E-state index contributed by atoms with van der Waals surface area (Å²) in [5.74, 6) is 0.144. The van der Waals surface area contributed by atoms with Gasteiger partial charge in [-0.1, -0.05) is 23.7 Å². The lowest BCUT2D eigenvalue weighted by molar-refractivity contribution is 0.0692. The van der Waals surface area contributed by atoms with Crippen molar-refractivity contribution in [3.63, 3.8) is 0 Å². The number of hydrogen-bond donors (Lipinski definition) is 3. The molecule has 3 N–H and O–H groups in total. The van der Waals surface area contributed by atoms with Gasteiger partial charge in [0, 0.05) is 21.5 Å². The van der Waals surface area contributed by atoms with Crippen LogP contribution in [0.4, 0.5) is 11.6 Å². The maximum atomic E-state index is 11.5. The van der Waals surface area contributed by atoms with Crippen molar-refractivity contribution in [1.82, 2.24) is 15.2 Å². The van der Waals surface area contributed by atoms with Gasteiger partial charge in [-0.15, -0.1) is 21.5 Å². The highest BCUT2D eigenvalue weighted by Crippen LogP contribution is 2.38. The van der Waals surface area contributed by atoms with Crippen LogP contribution in [-0.4, -0.2) is 26.3 Å². The highest BCUT2D eigenvalue weighted by molar-refractivity contribution is 7.22. The van der Waals surface area contributed by atoms with Gasteiger partial charge in [0.1, 0.15) is 5.82 Å². The maximum absolute atomic E-state index is 11.5. The first-order chi connectivity index (χ1) is 12.1. The molecule has 4 aromatic rings. The van der Waals surface area contributed by atoms with E-state index in [0.717, 1.165) is 16.3 Å². The summed E-state index contributed by atoms with van der Waals surface area (Å²) in [5.41, 5.74) is 0.894. The van der Waals surface area contributed by atoms with Crippen LogP contribution in [0.3, 0.4) is 0 Å². The maximum Gasteiger partial charge on any atom is 0.357 e. The lowest BCUT2D eigenvalue weighted by atomic mass is 10.1. The topological polar surface area (TPSA) is 90.9 Å². The second-order valence-corrected chi connectivity index (χ2v) is 6.76. The Labute approximate surface area is 151 Å². The number of nitrogens with one attached hydrogen (secondary N) is 2. The second-order valence-electron chi connectivity index (χ2n) is 5.27. The van der Waals surface area contributed by atoms with E-state index in [9.17, 15) is 9.90 Å². The SMILES string of the molecule is O=C(O)c1nnc(Nc2ccc[nH]2)c2cc(-c3ccc(Cl)cc3)sc12. The number of carboxylic acids is 1. The van der Waals surface area contributed by atoms with Crippen LogP contribution in [-0.2, 0) is 0 Å². The molecule has 6 nitrogen and oxygen atoms in total. The second kappa shape index (κ2) is 6.19. The Morgan fingerprint density at radius 1 is 1.20 bits per heavy atom. The van der Waals surface area contributed by atoms with Gasteiger partial charge in [-0.25, -0.2) is 4.79 Å². The van der Waals surface area contributed by atoms with Gasteiger partial charge in [0.2, 0.25) is 0 Å². The molecule has 0 atom stereocenters. The number of aromatic nitrogens is 3. The van der Waals surface area contributed by atoms with Gasteiger partial charge in [0.05, 0.1) is 4.70 Å². The van der Waals surface area contributed by atoms with Crippen molar-refractivity contribution in [3.05, 3.63) is 59.4 Å². The van der Waals surface area contributed by atoms with Crippen molar-refractivity contribution in [2.75, 3.05) is 5.32 Å². The van der Waals surface area contributed by atoms with E-state index in [1.54, 1.807) is 18.3 Å². The van der Waals surface area contributed by atoms with Crippen molar-refractivity contribution >= 4 is 50.6 Å². The molecule has 3 heterocycles. The number of thiophene rings is 1. The number of halogens is 1. The number of aromatic amines is 1. The first-order valence-corrected chi connectivity index (χ1v) is 8.51. The summed E-state index contributed by atoms with van der Waals surface area (Å²) in [6, 6.07) is 13.0. The number of rotatable bonds is 4. The molecule has 3 aromatic heterocycles. The first kappa shape index (κ1) is 15.6. The fourth-order valence-electron chi connectivity index (χ4n) is 2.47. The van der Waals surface area contributed by atoms with Crippen molar-refractivity contribution in [1.29, 1.82) is 0 Å². The monoisotopic (exact) mass is 370 g/mol. The van der Waals surface area contributed by atoms with Gasteiger partial charge in [-0.3, -0.25) is 0 Å². The van der Waals surface area contributed by atoms with E-state index in [2.05, 4.69) is 20.5 Å². The fourth-order valence-corrected chi connectivity index (χ4v) is 3.73. The molecule has 8 heteroatoms. The summed E-state index contributed by atoms with van der Waals surface area (Å²) < 4.78 is 0.571. The highest BCUT2D eigenvalue weighted by Gasteiger charge is 2.19. The van der Waals surface area contributed by atoms with Gasteiger partial charge in [-0.2, -0.15) is 0 Å². The number of benzene rings is 1. The predicted octanol–water partition coefficient (Wildman–Crippen LogP) is 4.78. The van der Waals surface area contributed by atoms with Gasteiger partial charge in [0.15, 0.2) is 11.5 Å². The zero-order valence-electron chi connectivity index (χ0n) is 12.7. The van der Waals surface area contributed by atoms with Gasteiger partial charge in [-0.05, 0) is 35.9 Å². The third-order valence-electron chi connectivity index (χ3n) is 3.63. The van der Waals surface area contributed by atoms with Crippen LogP contribution >= 0.6 is 22.9 Å². The largest absolute Gasteiger partial charge is 0.476 e. The Balaban J connectivity index is 1.88. The van der Waals surface area contributed by atoms with Gasteiger partial charge in [0.25, 0.3) is 0 Å². The molecule has 4 rings (SSSR count). The lowest BCUT2D eigenvalue weighted by Gasteiger charge is -2.04. The number of carbonyl (C=O) groups is 1. The molecule has 0 amide bonds. The van der Waals surface area contributed by atoms with Gasteiger partial charge < -0.3 is 15.4 Å². The minimum Gasteiger partial charge on any atom is -0.476 e. The fraction of sp³-hybridized carbons (Fsp3) is 0. The van der Waals surface area contributed by atoms with Crippen LogP contribution in [0, 0.1) is 0 Å². The van der Waals surface area contributed by atoms with E-state index in [1.807, 2.05) is 30.3 Å². The van der Waals surface area contributed by atoms with E-state index >= 15 is 0 Å². The Morgan fingerprint density at radius 3 is 2.68 bits per heavy atom. The minimum atomic E-state index is -1.10. The molecule has 25 heavy (non-hydrogen) atoms. The molecule has 0 aliphatic carbocycles. The number of fused-ring (bicyclic) bond motifs is 1. The van der Waals surface area contributed by atoms with Crippen LogP contribution < -0.4 is 5.32 Å². The average molecular weight is 371 g/mol. The minimum absolute atomic E-state index is 0.0581. The van der Waals surface area contributed by atoms with Crippen LogP contribution in [0.25, 0.3) is 20.5 Å². The Bertz CT molecular complexity index is 1060. The van der Waals surface area contributed by atoms with Crippen LogP contribution in [0.1, 0.15) is 10.5 Å². The molecular formula is C17H11ClN4O2S. The Morgan fingerprint density at radius 2 is 2.00 bits per heavy atom. The smallest absolute Gasteiger partial charge is 0.357 e. The van der Waals surface area contributed by atoms with E-state index in [4.69, 9.17) is 11.6 Å². The van der Waals surface area contributed by atoms with Crippen LogP contribution in [0.5, 0.6) is 0 Å². The van der Waals surface area contributed by atoms with Crippen LogP contribution in [0.2, 0.25) is 5.02 Å². The quantitative estimate of drug-likeness (QED) is 0.480. The molecular weight excluding hydrogens is 360 g/mol. The summed E-state index contributed by atoms with van der Waals surface area (Å²) >= 11 is 7.30. The van der Waals surface area contributed by atoms with Crippen molar-refractivity contribution in [2.24, 2.45) is 0 Å². The first-order valence-electron chi connectivity index (χ1n) is 7.31. The zero-order valence-corrected chi connectivity index (χ0v) is 14.2.